The average molecular weight is 536 g/mol. The van der Waals surface area contributed by atoms with Gasteiger partial charge in [0.15, 0.2) is 17.3 Å². The molecule has 1 aliphatic carbocycles. The van der Waals surface area contributed by atoms with E-state index in [-0.39, 0.29) is 31.0 Å². The highest BCUT2D eigenvalue weighted by atomic mass is 16.6. The van der Waals surface area contributed by atoms with Crippen molar-refractivity contribution in [3.63, 3.8) is 0 Å². The zero-order chi connectivity index (χ0) is 28.1. The van der Waals surface area contributed by atoms with Crippen molar-refractivity contribution < 1.29 is 33.3 Å². The molecule has 0 saturated carbocycles. The zero-order valence-electron chi connectivity index (χ0n) is 23.5. The Kier molecular flexibility index (Phi) is 8.97. The molecule has 2 aliphatic rings. The quantitative estimate of drug-likeness (QED) is 0.334. The second-order valence-corrected chi connectivity index (χ2v) is 9.96. The summed E-state index contributed by atoms with van der Waals surface area (Å²) in [6.45, 7) is 6.14. The molecule has 8 heteroatoms. The lowest BCUT2D eigenvalue weighted by Crippen LogP contribution is -2.36. The van der Waals surface area contributed by atoms with Gasteiger partial charge in [0, 0.05) is 36.1 Å². The number of ether oxygens (including phenoxy) is 5. The van der Waals surface area contributed by atoms with Crippen LogP contribution in [0.5, 0.6) is 17.2 Å². The summed E-state index contributed by atoms with van der Waals surface area (Å²) in [7, 11) is 4.74. The molecule has 1 N–H and O–H groups in total. The number of dihydropyridines is 1. The minimum Gasteiger partial charge on any atom is -0.493 e. The molecule has 2 aromatic carbocycles. The van der Waals surface area contributed by atoms with Gasteiger partial charge in [-0.25, -0.2) is 4.79 Å². The Labute approximate surface area is 229 Å². The van der Waals surface area contributed by atoms with E-state index in [9.17, 15) is 9.59 Å². The molecule has 8 nitrogen and oxygen atoms in total. The van der Waals surface area contributed by atoms with Gasteiger partial charge in [-0.2, -0.15) is 0 Å². The average Bonchev–Trinajstić information content (AvgIpc) is 2.91. The minimum atomic E-state index is -0.620. The summed E-state index contributed by atoms with van der Waals surface area (Å²) in [6.07, 6.45) is 0.814. The molecule has 39 heavy (non-hydrogen) atoms. The van der Waals surface area contributed by atoms with Crippen LogP contribution in [0, 0.1) is 0 Å². The summed E-state index contributed by atoms with van der Waals surface area (Å²) < 4.78 is 27.6. The molecule has 0 spiro atoms. The highest BCUT2D eigenvalue weighted by Crippen LogP contribution is 2.48. The van der Waals surface area contributed by atoms with Crippen LogP contribution in [0.3, 0.4) is 0 Å². The van der Waals surface area contributed by atoms with E-state index in [1.165, 1.54) is 0 Å². The van der Waals surface area contributed by atoms with Gasteiger partial charge in [0.2, 0.25) is 0 Å². The maximum atomic E-state index is 14.0. The number of carbonyl (C=O) groups is 2. The summed E-state index contributed by atoms with van der Waals surface area (Å²) in [5.74, 6) is 0.700. The minimum absolute atomic E-state index is 0.0254. The summed E-state index contributed by atoms with van der Waals surface area (Å²) >= 11 is 0. The smallest absolute Gasteiger partial charge is 0.336 e. The second-order valence-electron chi connectivity index (χ2n) is 9.96. The van der Waals surface area contributed by atoms with Crippen LogP contribution in [0.15, 0.2) is 65.0 Å². The van der Waals surface area contributed by atoms with Crippen LogP contribution in [0.4, 0.5) is 0 Å². The topological polar surface area (TPSA) is 92.3 Å². The van der Waals surface area contributed by atoms with E-state index < -0.39 is 11.9 Å². The third-order valence-electron chi connectivity index (χ3n) is 7.04. The highest BCUT2D eigenvalue weighted by Gasteiger charge is 2.42. The number of allylic oxidation sites excluding steroid dienone is 3. The predicted octanol–water partition coefficient (Wildman–Crippen LogP) is 5.04. The predicted molar refractivity (Wildman–Crippen MR) is 147 cm³/mol. The number of carbonyl (C=O) groups excluding carboxylic acids is 2. The summed E-state index contributed by atoms with van der Waals surface area (Å²) in [5, 5.41) is 3.39. The Bertz CT molecular complexity index is 1290. The van der Waals surface area contributed by atoms with Gasteiger partial charge >= 0.3 is 5.97 Å². The van der Waals surface area contributed by atoms with Gasteiger partial charge in [0.05, 0.1) is 38.4 Å². The first kappa shape index (κ1) is 28.2. The summed E-state index contributed by atoms with van der Waals surface area (Å²) in [6, 6.07) is 13.3. The van der Waals surface area contributed by atoms with Crippen molar-refractivity contribution in [1.29, 1.82) is 0 Å². The number of Topliss-reactive ketones (excluding diaryl/α,β-unsaturated/α-hetero) is 1. The highest BCUT2D eigenvalue weighted by molar-refractivity contribution is 6.04. The SMILES string of the molecule is COCCOC(=O)C1=C(C)NC2=C(C(=O)C[C@H](c3ccc(OC)c(OC)c3)C2)[C@@H]1c1ccccc1OC(C)C. The molecule has 1 aliphatic heterocycles. The van der Waals surface area contributed by atoms with Crippen molar-refractivity contribution in [2.45, 2.75) is 51.6 Å². The molecular formula is C31H37NO7. The van der Waals surface area contributed by atoms with Crippen molar-refractivity contribution in [3.05, 3.63) is 76.1 Å². The van der Waals surface area contributed by atoms with E-state index in [2.05, 4.69) is 5.32 Å². The third kappa shape index (κ3) is 5.96. The van der Waals surface area contributed by atoms with Crippen LogP contribution in [-0.2, 0) is 19.1 Å². The second kappa shape index (κ2) is 12.4. The summed E-state index contributed by atoms with van der Waals surface area (Å²) in [4.78, 5) is 27.4. The van der Waals surface area contributed by atoms with Crippen molar-refractivity contribution in [2.24, 2.45) is 0 Å². The van der Waals surface area contributed by atoms with Crippen molar-refractivity contribution in [1.82, 2.24) is 5.32 Å². The van der Waals surface area contributed by atoms with Crippen LogP contribution in [0.2, 0.25) is 0 Å². The van der Waals surface area contributed by atoms with Crippen LogP contribution >= 0.6 is 0 Å². The van der Waals surface area contributed by atoms with E-state index in [0.29, 0.717) is 46.9 Å². The largest absolute Gasteiger partial charge is 0.493 e. The van der Waals surface area contributed by atoms with Crippen molar-refractivity contribution in [3.8, 4) is 17.2 Å². The Morgan fingerprint density at radius 1 is 0.974 bits per heavy atom. The van der Waals surface area contributed by atoms with Gasteiger partial charge in [-0.3, -0.25) is 4.79 Å². The van der Waals surface area contributed by atoms with Gasteiger partial charge in [-0.15, -0.1) is 0 Å². The Morgan fingerprint density at radius 3 is 2.41 bits per heavy atom. The molecule has 0 radical (unpaired) electrons. The van der Waals surface area contributed by atoms with Crippen LogP contribution in [-0.4, -0.2) is 52.4 Å². The van der Waals surface area contributed by atoms with Gasteiger partial charge in [0.25, 0.3) is 0 Å². The van der Waals surface area contributed by atoms with Gasteiger partial charge in [-0.1, -0.05) is 24.3 Å². The van der Waals surface area contributed by atoms with Crippen molar-refractivity contribution in [2.75, 3.05) is 34.5 Å². The number of esters is 1. The number of nitrogens with one attached hydrogen (secondary N) is 1. The molecule has 0 saturated heterocycles. The molecule has 4 rings (SSSR count). The lowest BCUT2D eigenvalue weighted by atomic mass is 9.71. The van der Waals surface area contributed by atoms with E-state index in [0.717, 1.165) is 16.8 Å². The monoisotopic (exact) mass is 535 g/mol. The number of para-hydroxylation sites is 1. The first-order chi connectivity index (χ1) is 18.8. The Balaban J connectivity index is 1.79. The zero-order valence-corrected chi connectivity index (χ0v) is 23.5. The molecule has 0 unspecified atom stereocenters. The van der Waals surface area contributed by atoms with E-state index in [1.54, 1.807) is 21.3 Å². The number of rotatable bonds is 10. The third-order valence-corrected chi connectivity index (χ3v) is 7.04. The fraction of sp³-hybridized carbons (Fsp3) is 0.419. The molecule has 1 heterocycles. The molecule has 0 fully saturated rings. The lowest BCUT2D eigenvalue weighted by Gasteiger charge is -2.37. The van der Waals surface area contributed by atoms with Crippen molar-refractivity contribution >= 4 is 11.8 Å². The van der Waals surface area contributed by atoms with E-state index in [1.807, 2.05) is 63.2 Å². The van der Waals surface area contributed by atoms with E-state index >= 15 is 0 Å². The first-order valence-electron chi connectivity index (χ1n) is 13.2. The number of benzene rings is 2. The first-order valence-corrected chi connectivity index (χ1v) is 13.2. The Hall–Kier alpha value is -3.78. The normalized spacial score (nSPS) is 19.0. The standard InChI is InChI=1S/C31H37NO7/c1-18(2)39-25-10-8-7-9-22(25)29-28(31(34)38-14-13-35-4)19(3)32-23-15-21(16-24(33)30(23)29)20-11-12-26(36-5)27(17-20)37-6/h7-12,17-18,21,29,32H,13-16H2,1-6H3/t21-,29-/m1/s1. The molecule has 2 atom stereocenters. The number of ketones is 1. The lowest BCUT2D eigenvalue weighted by molar-refractivity contribution is -0.140. The number of hydrogen-bond acceptors (Lipinski definition) is 8. The molecule has 208 valence electrons. The maximum Gasteiger partial charge on any atom is 0.336 e. The molecule has 2 aromatic rings. The van der Waals surface area contributed by atoms with Gasteiger partial charge in [0.1, 0.15) is 12.4 Å². The fourth-order valence-corrected chi connectivity index (χ4v) is 5.34. The molecular weight excluding hydrogens is 498 g/mol. The van der Waals surface area contributed by atoms with Crippen LogP contribution in [0.25, 0.3) is 0 Å². The molecule has 0 amide bonds. The van der Waals surface area contributed by atoms with Crippen LogP contribution < -0.4 is 19.5 Å². The van der Waals surface area contributed by atoms with E-state index in [4.69, 9.17) is 23.7 Å². The van der Waals surface area contributed by atoms with Crippen LogP contribution in [0.1, 0.15) is 56.6 Å². The number of methoxy groups -OCH3 is 3. The molecule has 0 aromatic heterocycles. The Morgan fingerprint density at radius 2 is 1.72 bits per heavy atom. The van der Waals surface area contributed by atoms with Gasteiger partial charge in [-0.05, 0) is 56.9 Å². The summed E-state index contributed by atoms with van der Waals surface area (Å²) in [5.41, 5.74) is 4.19. The molecule has 0 bridgehead atoms. The number of hydrogen-bond donors (Lipinski definition) is 1. The fourth-order valence-electron chi connectivity index (χ4n) is 5.34. The van der Waals surface area contributed by atoms with Gasteiger partial charge < -0.3 is 29.0 Å². The maximum absolute atomic E-state index is 14.0.